The monoisotopic (exact) mass is 553 g/mol. The van der Waals surface area contributed by atoms with E-state index < -0.39 is 11.9 Å². The molecule has 5 nitrogen and oxygen atoms in total. The third-order valence-electron chi connectivity index (χ3n) is 4.24. The number of para-hydroxylation sites is 1. The number of halogens is 4. The molecule has 0 radical (unpaired) electrons. The summed E-state index contributed by atoms with van der Waals surface area (Å²) in [5.41, 5.74) is 0.571. The first-order chi connectivity index (χ1) is 15.2. The maximum absolute atomic E-state index is 12.4. The Morgan fingerprint density at radius 2 is 1.62 bits per heavy atom. The molecule has 0 aliphatic rings. The summed E-state index contributed by atoms with van der Waals surface area (Å²) in [5, 5.41) is 12.5. The lowest BCUT2D eigenvalue weighted by molar-refractivity contribution is -0.134. The molecule has 0 spiro atoms. The Morgan fingerprint density at radius 1 is 0.969 bits per heavy atom. The molecule has 3 rings (SSSR count). The van der Waals surface area contributed by atoms with Crippen LogP contribution in [0.1, 0.15) is 11.1 Å². The summed E-state index contributed by atoms with van der Waals surface area (Å²) in [6.07, 6.45) is 1.10. The molecule has 0 fully saturated rings. The highest BCUT2D eigenvalue weighted by Gasteiger charge is 2.17. The summed E-state index contributed by atoms with van der Waals surface area (Å²) in [7, 11) is 0. The summed E-state index contributed by atoms with van der Waals surface area (Å²) < 4.78 is 6.60. The molecule has 1 amide bonds. The predicted octanol–water partition coefficient (Wildman–Crippen LogP) is 6.99. The molecule has 9 heteroatoms. The SMILES string of the molecule is O=C(Cc1c(Cl)ccc(Cl)c1Cl)NC(=Cc1ccc(Oc2ccccc2Br)cc1)C(=O)O. The second-order valence-electron chi connectivity index (χ2n) is 6.51. The van der Waals surface area contributed by atoms with Crippen LogP contribution in [0.2, 0.25) is 15.1 Å². The standard InChI is InChI=1S/C23H15BrCl3NO4/c24-16-3-1-2-4-20(16)32-14-7-5-13(6-8-14)11-19(23(30)31)28-21(29)12-15-17(25)9-10-18(26)22(15)27/h1-11H,12H2,(H,28,29)(H,30,31). The summed E-state index contributed by atoms with van der Waals surface area (Å²) >= 11 is 21.6. The van der Waals surface area contributed by atoms with Gasteiger partial charge in [-0.2, -0.15) is 0 Å². The fourth-order valence-corrected chi connectivity index (χ4v) is 3.74. The van der Waals surface area contributed by atoms with E-state index >= 15 is 0 Å². The summed E-state index contributed by atoms with van der Waals surface area (Å²) in [5.74, 6) is -0.679. The Balaban J connectivity index is 1.73. The van der Waals surface area contributed by atoms with E-state index in [9.17, 15) is 14.7 Å². The van der Waals surface area contributed by atoms with Crippen molar-refractivity contribution in [2.24, 2.45) is 0 Å². The van der Waals surface area contributed by atoms with Crippen molar-refractivity contribution in [3.05, 3.63) is 97.0 Å². The minimum Gasteiger partial charge on any atom is -0.477 e. The van der Waals surface area contributed by atoms with Gasteiger partial charge in [0.05, 0.1) is 20.9 Å². The number of carboxylic acids is 1. The first-order valence-electron chi connectivity index (χ1n) is 9.14. The van der Waals surface area contributed by atoms with Gasteiger partial charge in [0.25, 0.3) is 0 Å². The van der Waals surface area contributed by atoms with E-state index in [1.54, 1.807) is 24.3 Å². The van der Waals surface area contributed by atoms with Crippen molar-refractivity contribution in [2.45, 2.75) is 6.42 Å². The number of amides is 1. The van der Waals surface area contributed by atoms with E-state index in [1.165, 1.54) is 18.2 Å². The van der Waals surface area contributed by atoms with Crippen LogP contribution in [0.3, 0.4) is 0 Å². The predicted molar refractivity (Wildman–Crippen MR) is 130 cm³/mol. The molecule has 3 aromatic rings. The molecular weight excluding hydrogens is 541 g/mol. The van der Waals surface area contributed by atoms with E-state index in [1.807, 2.05) is 24.3 Å². The van der Waals surface area contributed by atoms with Crippen LogP contribution in [0, 0.1) is 0 Å². The van der Waals surface area contributed by atoms with Gasteiger partial charge in [0.1, 0.15) is 17.2 Å². The molecule has 0 unspecified atom stereocenters. The number of carbonyl (C=O) groups is 2. The van der Waals surface area contributed by atoms with Gasteiger partial charge in [-0.15, -0.1) is 0 Å². The summed E-state index contributed by atoms with van der Waals surface area (Å²) in [6.45, 7) is 0. The molecule has 164 valence electrons. The second-order valence-corrected chi connectivity index (χ2v) is 8.56. The van der Waals surface area contributed by atoms with Gasteiger partial charge in [0, 0.05) is 10.6 Å². The lowest BCUT2D eigenvalue weighted by Crippen LogP contribution is -2.28. The van der Waals surface area contributed by atoms with Crippen LogP contribution in [-0.4, -0.2) is 17.0 Å². The molecule has 0 aliphatic carbocycles. The first kappa shape index (κ1) is 24.1. The van der Waals surface area contributed by atoms with Crippen LogP contribution in [0.5, 0.6) is 11.5 Å². The maximum Gasteiger partial charge on any atom is 0.352 e. The van der Waals surface area contributed by atoms with E-state index in [-0.39, 0.29) is 27.2 Å². The molecule has 0 atom stereocenters. The molecule has 2 N–H and O–H groups in total. The molecule has 0 bridgehead atoms. The van der Waals surface area contributed by atoms with Gasteiger partial charge in [-0.1, -0.05) is 59.1 Å². The topological polar surface area (TPSA) is 75.6 Å². The quantitative estimate of drug-likeness (QED) is 0.244. The van der Waals surface area contributed by atoms with E-state index in [4.69, 9.17) is 39.5 Å². The third-order valence-corrected chi connectivity index (χ3v) is 6.09. The van der Waals surface area contributed by atoms with E-state index in [0.29, 0.717) is 22.6 Å². The van der Waals surface area contributed by atoms with Crippen molar-refractivity contribution < 1.29 is 19.4 Å². The highest BCUT2D eigenvalue weighted by atomic mass is 79.9. The van der Waals surface area contributed by atoms with Gasteiger partial charge in [-0.3, -0.25) is 4.79 Å². The largest absolute Gasteiger partial charge is 0.477 e. The van der Waals surface area contributed by atoms with Crippen molar-refractivity contribution in [3.63, 3.8) is 0 Å². The maximum atomic E-state index is 12.4. The molecule has 0 aromatic heterocycles. The number of carboxylic acid groups (broad SMARTS) is 1. The fourth-order valence-electron chi connectivity index (χ4n) is 2.69. The van der Waals surface area contributed by atoms with Gasteiger partial charge in [0.2, 0.25) is 5.91 Å². The lowest BCUT2D eigenvalue weighted by Gasteiger charge is -2.10. The van der Waals surface area contributed by atoms with Crippen LogP contribution >= 0.6 is 50.7 Å². The Hall–Kier alpha value is -2.51. The number of ether oxygens (including phenoxy) is 1. The van der Waals surface area contributed by atoms with Crippen LogP contribution in [-0.2, 0) is 16.0 Å². The molecule has 0 aliphatic heterocycles. The van der Waals surface area contributed by atoms with Crippen LogP contribution in [0.25, 0.3) is 6.08 Å². The number of hydrogen-bond acceptors (Lipinski definition) is 3. The number of benzene rings is 3. The van der Waals surface area contributed by atoms with Crippen LogP contribution < -0.4 is 10.1 Å². The number of rotatable bonds is 7. The zero-order chi connectivity index (χ0) is 23.3. The zero-order valence-corrected chi connectivity index (χ0v) is 20.1. The third kappa shape index (κ3) is 6.26. The van der Waals surface area contributed by atoms with Crippen molar-refractivity contribution in [1.29, 1.82) is 0 Å². The summed E-state index contributed by atoms with van der Waals surface area (Å²) in [6, 6.07) is 17.2. The second kappa shape index (κ2) is 10.9. The summed E-state index contributed by atoms with van der Waals surface area (Å²) in [4.78, 5) is 24.1. The number of aliphatic carboxylic acids is 1. The van der Waals surface area contributed by atoms with Gasteiger partial charge in [0.15, 0.2) is 0 Å². The van der Waals surface area contributed by atoms with Gasteiger partial charge < -0.3 is 15.2 Å². The minimum absolute atomic E-state index is 0.149. The minimum atomic E-state index is -1.30. The molecule has 32 heavy (non-hydrogen) atoms. The van der Waals surface area contributed by atoms with E-state index in [2.05, 4.69) is 21.2 Å². The van der Waals surface area contributed by atoms with Crippen LogP contribution in [0.4, 0.5) is 0 Å². The van der Waals surface area contributed by atoms with Crippen LogP contribution in [0.15, 0.2) is 70.8 Å². The first-order valence-corrected chi connectivity index (χ1v) is 11.1. The Bertz CT molecular complexity index is 1200. The molecule has 3 aromatic carbocycles. The van der Waals surface area contributed by atoms with Crippen molar-refractivity contribution in [1.82, 2.24) is 5.32 Å². The van der Waals surface area contributed by atoms with Gasteiger partial charge in [-0.05, 0) is 64.0 Å². The smallest absolute Gasteiger partial charge is 0.352 e. The van der Waals surface area contributed by atoms with Crippen molar-refractivity contribution in [3.8, 4) is 11.5 Å². The molecule has 0 saturated carbocycles. The Labute approximate surface area is 207 Å². The number of hydrogen-bond donors (Lipinski definition) is 2. The van der Waals surface area contributed by atoms with Crippen molar-refractivity contribution >= 4 is 68.7 Å². The van der Waals surface area contributed by atoms with Crippen molar-refractivity contribution in [2.75, 3.05) is 0 Å². The zero-order valence-electron chi connectivity index (χ0n) is 16.2. The Morgan fingerprint density at radius 3 is 2.28 bits per heavy atom. The van der Waals surface area contributed by atoms with E-state index in [0.717, 1.165) is 4.47 Å². The average molecular weight is 556 g/mol. The molecular formula is C23H15BrCl3NO4. The average Bonchev–Trinajstić information content (AvgIpc) is 2.76. The number of carbonyl (C=O) groups excluding carboxylic acids is 1. The highest BCUT2D eigenvalue weighted by Crippen LogP contribution is 2.32. The van der Waals surface area contributed by atoms with Gasteiger partial charge in [-0.25, -0.2) is 4.79 Å². The normalized spacial score (nSPS) is 11.2. The molecule has 0 heterocycles. The fraction of sp³-hybridized carbons (Fsp3) is 0.0435. The highest BCUT2D eigenvalue weighted by molar-refractivity contribution is 9.10. The Kier molecular flexibility index (Phi) is 8.21. The van der Waals surface area contributed by atoms with Gasteiger partial charge >= 0.3 is 5.97 Å². The molecule has 0 saturated heterocycles. The number of nitrogens with one attached hydrogen (secondary N) is 1. The lowest BCUT2D eigenvalue weighted by atomic mass is 10.1.